The van der Waals surface area contributed by atoms with E-state index in [2.05, 4.69) is 22.4 Å². The Bertz CT molecular complexity index is 319. The third-order valence-corrected chi connectivity index (χ3v) is 3.78. The van der Waals surface area contributed by atoms with Crippen molar-refractivity contribution < 1.29 is 0 Å². The fourth-order valence-electron chi connectivity index (χ4n) is 2.45. The van der Waals surface area contributed by atoms with Crippen molar-refractivity contribution in [3.05, 3.63) is 30.1 Å². The molecule has 2 aliphatic rings. The normalized spacial score (nSPS) is 29.9. The Labute approximate surface area is 91.1 Å². The molecule has 0 radical (unpaired) electrons. The van der Waals surface area contributed by atoms with Crippen molar-refractivity contribution in [2.24, 2.45) is 5.92 Å². The molecule has 80 valence electrons. The minimum atomic E-state index is 0.768. The summed E-state index contributed by atoms with van der Waals surface area (Å²) in [5.74, 6) is 1.62. The number of hydrogen-bond donors (Lipinski definition) is 1. The molecule has 2 nitrogen and oxygen atoms in total. The van der Waals surface area contributed by atoms with Gasteiger partial charge in [0.1, 0.15) is 0 Å². The third kappa shape index (κ3) is 2.05. The van der Waals surface area contributed by atoms with Crippen molar-refractivity contribution in [2.75, 3.05) is 6.54 Å². The minimum absolute atomic E-state index is 0.768. The van der Waals surface area contributed by atoms with E-state index in [1.54, 1.807) is 0 Å². The summed E-state index contributed by atoms with van der Waals surface area (Å²) < 4.78 is 0. The summed E-state index contributed by atoms with van der Waals surface area (Å²) in [7, 11) is 0. The largest absolute Gasteiger partial charge is 0.314 e. The van der Waals surface area contributed by atoms with Crippen LogP contribution in [0.25, 0.3) is 0 Å². The zero-order valence-electron chi connectivity index (χ0n) is 9.02. The van der Waals surface area contributed by atoms with Gasteiger partial charge in [-0.25, -0.2) is 0 Å². The molecule has 1 N–H and O–H groups in total. The van der Waals surface area contributed by atoms with Crippen molar-refractivity contribution in [1.82, 2.24) is 10.3 Å². The van der Waals surface area contributed by atoms with Gasteiger partial charge in [-0.05, 0) is 55.7 Å². The first-order valence-electron chi connectivity index (χ1n) is 6.07. The van der Waals surface area contributed by atoms with Gasteiger partial charge in [-0.2, -0.15) is 0 Å². The molecule has 0 aliphatic heterocycles. The van der Waals surface area contributed by atoms with Crippen LogP contribution in [0.2, 0.25) is 0 Å². The molecule has 2 unspecified atom stereocenters. The monoisotopic (exact) mass is 202 g/mol. The standard InChI is InChI=1S/C13H18N2/c1-2-10(8-14-7-1)13-6-3-11(13)9-15-12-4-5-12/h1-2,7-8,11-13,15H,3-6,9H2. The number of rotatable bonds is 4. The topological polar surface area (TPSA) is 24.9 Å². The molecule has 2 aliphatic carbocycles. The summed E-state index contributed by atoms with van der Waals surface area (Å²) in [4.78, 5) is 4.21. The highest BCUT2D eigenvalue weighted by Gasteiger charge is 2.33. The lowest BCUT2D eigenvalue weighted by Crippen LogP contribution is -2.34. The van der Waals surface area contributed by atoms with Crippen LogP contribution in [0.15, 0.2) is 24.5 Å². The van der Waals surface area contributed by atoms with Crippen molar-refractivity contribution in [3.8, 4) is 0 Å². The molecular formula is C13H18N2. The van der Waals surface area contributed by atoms with Crippen LogP contribution >= 0.6 is 0 Å². The fraction of sp³-hybridized carbons (Fsp3) is 0.615. The van der Waals surface area contributed by atoms with E-state index >= 15 is 0 Å². The van der Waals surface area contributed by atoms with Gasteiger partial charge in [0.25, 0.3) is 0 Å². The van der Waals surface area contributed by atoms with Gasteiger partial charge in [-0.15, -0.1) is 0 Å². The van der Waals surface area contributed by atoms with Gasteiger partial charge >= 0.3 is 0 Å². The van der Waals surface area contributed by atoms with Crippen LogP contribution in [0, 0.1) is 5.92 Å². The molecule has 1 aromatic rings. The molecule has 0 bridgehead atoms. The highest BCUT2D eigenvalue weighted by molar-refractivity contribution is 5.18. The van der Waals surface area contributed by atoms with Crippen molar-refractivity contribution in [3.63, 3.8) is 0 Å². The lowest BCUT2D eigenvalue weighted by Gasteiger charge is -2.37. The Hall–Kier alpha value is -0.890. The molecule has 0 aromatic carbocycles. The lowest BCUT2D eigenvalue weighted by atomic mass is 9.70. The fourth-order valence-corrected chi connectivity index (χ4v) is 2.45. The van der Waals surface area contributed by atoms with Crippen LogP contribution in [0.5, 0.6) is 0 Å². The maximum atomic E-state index is 4.21. The van der Waals surface area contributed by atoms with E-state index in [9.17, 15) is 0 Å². The maximum absolute atomic E-state index is 4.21. The summed E-state index contributed by atoms with van der Waals surface area (Å²) in [6.07, 6.45) is 9.42. The number of nitrogens with one attached hydrogen (secondary N) is 1. The molecule has 15 heavy (non-hydrogen) atoms. The van der Waals surface area contributed by atoms with E-state index in [-0.39, 0.29) is 0 Å². The molecule has 2 heteroatoms. The highest BCUT2D eigenvalue weighted by Crippen LogP contribution is 2.42. The van der Waals surface area contributed by atoms with Crippen molar-refractivity contribution in [2.45, 2.75) is 37.6 Å². The van der Waals surface area contributed by atoms with Crippen LogP contribution in [-0.4, -0.2) is 17.6 Å². The van der Waals surface area contributed by atoms with Crippen LogP contribution in [0.3, 0.4) is 0 Å². The Balaban J connectivity index is 1.57. The molecule has 1 heterocycles. The van der Waals surface area contributed by atoms with Crippen LogP contribution in [0.1, 0.15) is 37.2 Å². The molecule has 2 fully saturated rings. The molecule has 2 atom stereocenters. The van der Waals surface area contributed by atoms with E-state index in [4.69, 9.17) is 0 Å². The van der Waals surface area contributed by atoms with E-state index in [0.717, 1.165) is 17.9 Å². The summed E-state index contributed by atoms with van der Waals surface area (Å²) in [6.45, 7) is 1.21. The molecule has 0 spiro atoms. The lowest BCUT2D eigenvalue weighted by molar-refractivity contribution is 0.245. The first kappa shape index (κ1) is 9.34. The van der Waals surface area contributed by atoms with E-state index < -0.39 is 0 Å². The second kappa shape index (κ2) is 3.93. The zero-order chi connectivity index (χ0) is 10.1. The summed E-state index contributed by atoms with van der Waals surface area (Å²) in [5, 5.41) is 3.64. The third-order valence-electron chi connectivity index (χ3n) is 3.78. The minimum Gasteiger partial charge on any atom is -0.314 e. The van der Waals surface area contributed by atoms with Crippen LogP contribution in [-0.2, 0) is 0 Å². The first-order chi connectivity index (χ1) is 7.43. The van der Waals surface area contributed by atoms with E-state index in [1.807, 2.05) is 12.4 Å². The second-order valence-corrected chi connectivity index (χ2v) is 4.91. The molecule has 1 aromatic heterocycles. The average molecular weight is 202 g/mol. The van der Waals surface area contributed by atoms with E-state index in [1.165, 1.54) is 37.8 Å². The summed E-state index contributed by atoms with van der Waals surface area (Å²) in [5.41, 5.74) is 1.44. The van der Waals surface area contributed by atoms with Crippen molar-refractivity contribution >= 4 is 0 Å². The molecular weight excluding hydrogens is 184 g/mol. The Kier molecular flexibility index (Phi) is 2.45. The number of hydrogen-bond acceptors (Lipinski definition) is 2. The highest BCUT2D eigenvalue weighted by atomic mass is 14.9. The predicted molar refractivity (Wildman–Crippen MR) is 60.7 cm³/mol. The molecule has 0 amide bonds. The van der Waals surface area contributed by atoms with Crippen LogP contribution < -0.4 is 5.32 Å². The molecule has 3 rings (SSSR count). The molecule has 0 saturated heterocycles. The second-order valence-electron chi connectivity index (χ2n) is 4.91. The first-order valence-corrected chi connectivity index (χ1v) is 6.07. The summed E-state index contributed by atoms with van der Waals surface area (Å²) >= 11 is 0. The van der Waals surface area contributed by atoms with Gasteiger partial charge in [-0.1, -0.05) is 6.07 Å². The number of pyridine rings is 1. The van der Waals surface area contributed by atoms with Gasteiger partial charge in [0, 0.05) is 18.4 Å². The predicted octanol–water partition coefficient (Wildman–Crippen LogP) is 2.33. The SMILES string of the molecule is c1cncc(C2CCC2CNC2CC2)c1. The maximum Gasteiger partial charge on any atom is 0.0302 e. The van der Waals surface area contributed by atoms with Gasteiger partial charge in [-0.3, -0.25) is 4.98 Å². The van der Waals surface area contributed by atoms with Gasteiger partial charge in [0.2, 0.25) is 0 Å². The Morgan fingerprint density at radius 1 is 1.27 bits per heavy atom. The van der Waals surface area contributed by atoms with E-state index in [0.29, 0.717) is 0 Å². The Morgan fingerprint density at radius 3 is 2.80 bits per heavy atom. The van der Waals surface area contributed by atoms with Gasteiger partial charge < -0.3 is 5.32 Å². The summed E-state index contributed by atoms with van der Waals surface area (Å²) in [6, 6.07) is 5.13. The van der Waals surface area contributed by atoms with Gasteiger partial charge in [0.05, 0.1) is 0 Å². The zero-order valence-corrected chi connectivity index (χ0v) is 9.02. The average Bonchev–Trinajstić information content (AvgIpc) is 3.02. The van der Waals surface area contributed by atoms with Crippen LogP contribution in [0.4, 0.5) is 0 Å². The Morgan fingerprint density at radius 2 is 2.20 bits per heavy atom. The quantitative estimate of drug-likeness (QED) is 0.810. The number of aromatic nitrogens is 1. The van der Waals surface area contributed by atoms with Gasteiger partial charge in [0.15, 0.2) is 0 Å². The van der Waals surface area contributed by atoms with Crippen molar-refractivity contribution in [1.29, 1.82) is 0 Å². The smallest absolute Gasteiger partial charge is 0.0302 e. The molecule has 2 saturated carbocycles. The number of nitrogens with zero attached hydrogens (tertiary/aromatic N) is 1.